The quantitative estimate of drug-likeness (QED) is 0.533. The molecule has 0 fully saturated rings. The third kappa shape index (κ3) is 1.09. The van der Waals surface area contributed by atoms with E-state index in [2.05, 4.69) is 4.99 Å². The third-order valence-corrected chi connectivity index (χ3v) is 1.34. The summed E-state index contributed by atoms with van der Waals surface area (Å²) in [6.07, 6.45) is 0.259. The molecule has 0 aromatic carbocycles. The lowest BCUT2D eigenvalue weighted by molar-refractivity contribution is 0.155. The first kappa shape index (κ1) is 6.26. The summed E-state index contributed by atoms with van der Waals surface area (Å²) in [5.74, 6) is 0. The Morgan fingerprint density at radius 2 is 2.44 bits per heavy atom. The molecule has 1 aliphatic rings. The van der Waals surface area contributed by atoms with Crippen LogP contribution in [-0.2, 0) is 4.74 Å². The van der Waals surface area contributed by atoms with Gasteiger partial charge in [0.05, 0.1) is 5.71 Å². The number of nitrogens with zero attached hydrogens (tertiary/aromatic N) is 1. The molecule has 0 aliphatic carbocycles. The number of hydrogen-bond acceptors (Lipinski definition) is 2. The molecule has 0 saturated heterocycles. The van der Waals surface area contributed by atoms with Gasteiger partial charge in [0.15, 0.2) is 0 Å². The van der Waals surface area contributed by atoms with Crippen LogP contribution in [0.4, 0.5) is 4.79 Å². The van der Waals surface area contributed by atoms with Gasteiger partial charge in [-0.3, -0.25) is 0 Å². The van der Waals surface area contributed by atoms with E-state index in [1.807, 2.05) is 13.8 Å². The van der Waals surface area contributed by atoms with E-state index < -0.39 is 6.09 Å². The number of carbonyl (C=O) groups is 1. The van der Waals surface area contributed by atoms with E-state index in [4.69, 9.17) is 4.74 Å². The van der Waals surface area contributed by atoms with Gasteiger partial charge in [-0.25, -0.2) is 4.79 Å². The summed E-state index contributed by atoms with van der Waals surface area (Å²) in [5, 5.41) is 0. The highest BCUT2D eigenvalue weighted by Gasteiger charge is 2.21. The van der Waals surface area contributed by atoms with Crippen molar-refractivity contribution in [1.29, 1.82) is 0 Å². The van der Waals surface area contributed by atoms with Gasteiger partial charge in [-0.15, -0.1) is 0 Å². The predicted octanol–water partition coefficient (Wildman–Crippen LogP) is 1.38. The SMILES string of the molecule is CCC1=NC(=O)O[C@@H]1C. The molecule has 1 aliphatic heterocycles. The standard InChI is InChI=1S/C6H9NO2/c1-3-5-4(2)9-6(8)7-5/h4H,3H2,1-2H3/t4-/m1/s1. The van der Waals surface area contributed by atoms with Gasteiger partial charge in [-0.2, -0.15) is 4.99 Å². The molecule has 0 aromatic rings. The zero-order valence-corrected chi connectivity index (χ0v) is 5.55. The van der Waals surface area contributed by atoms with Crippen LogP contribution in [0, 0.1) is 0 Å². The monoisotopic (exact) mass is 127 g/mol. The van der Waals surface area contributed by atoms with Gasteiger partial charge in [-0.05, 0) is 13.3 Å². The lowest BCUT2D eigenvalue weighted by atomic mass is 10.2. The Morgan fingerprint density at radius 3 is 2.67 bits per heavy atom. The molecular formula is C6H9NO2. The van der Waals surface area contributed by atoms with Crippen molar-refractivity contribution < 1.29 is 9.53 Å². The molecule has 3 heteroatoms. The number of cyclic esters (lactones) is 1. The highest BCUT2D eigenvalue weighted by molar-refractivity contribution is 6.00. The second-order valence-corrected chi connectivity index (χ2v) is 1.98. The zero-order valence-electron chi connectivity index (χ0n) is 5.55. The predicted molar refractivity (Wildman–Crippen MR) is 33.7 cm³/mol. The summed E-state index contributed by atoms with van der Waals surface area (Å²) < 4.78 is 4.72. The van der Waals surface area contributed by atoms with Crippen molar-refractivity contribution in [3.63, 3.8) is 0 Å². The first-order valence-corrected chi connectivity index (χ1v) is 3.02. The minimum Gasteiger partial charge on any atom is -0.439 e. The molecule has 0 spiro atoms. The second kappa shape index (κ2) is 2.17. The number of amides is 1. The molecule has 50 valence electrons. The molecule has 0 radical (unpaired) electrons. The van der Waals surface area contributed by atoms with Crippen LogP contribution < -0.4 is 0 Å². The van der Waals surface area contributed by atoms with Crippen LogP contribution in [0.15, 0.2) is 4.99 Å². The fourth-order valence-electron chi connectivity index (χ4n) is 0.820. The molecular weight excluding hydrogens is 118 g/mol. The van der Waals surface area contributed by atoms with Crippen LogP contribution in [0.2, 0.25) is 0 Å². The largest absolute Gasteiger partial charge is 0.439 e. The Hall–Kier alpha value is -0.860. The van der Waals surface area contributed by atoms with Crippen molar-refractivity contribution in [2.45, 2.75) is 26.4 Å². The lowest BCUT2D eigenvalue weighted by Gasteiger charge is -2.00. The van der Waals surface area contributed by atoms with Crippen LogP contribution in [0.3, 0.4) is 0 Å². The topological polar surface area (TPSA) is 38.7 Å². The lowest BCUT2D eigenvalue weighted by Crippen LogP contribution is -2.12. The summed E-state index contributed by atoms with van der Waals surface area (Å²) in [4.78, 5) is 14.1. The number of ether oxygens (including phenoxy) is 1. The number of rotatable bonds is 1. The molecule has 1 amide bonds. The van der Waals surface area contributed by atoms with E-state index >= 15 is 0 Å². The molecule has 0 unspecified atom stereocenters. The van der Waals surface area contributed by atoms with E-state index in [0.29, 0.717) is 0 Å². The van der Waals surface area contributed by atoms with Crippen molar-refractivity contribution in [2.24, 2.45) is 4.99 Å². The first-order chi connectivity index (χ1) is 4.24. The third-order valence-electron chi connectivity index (χ3n) is 1.34. The summed E-state index contributed by atoms with van der Waals surface area (Å²) in [5.41, 5.74) is 0.847. The maximum absolute atomic E-state index is 10.4. The van der Waals surface area contributed by atoms with Gasteiger partial charge in [-0.1, -0.05) is 6.92 Å². The van der Waals surface area contributed by atoms with Crippen molar-refractivity contribution in [2.75, 3.05) is 0 Å². The molecule has 1 rings (SSSR count). The minimum atomic E-state index is -0.445. The molecule has 0 aromatic heterocycles. The molecule has 1 heterocycles. The Morgan fingerprint density at radius 1 is 1.78 bits per heavy atom. The normalized spacial score (nSPS) is 25.8. The first-order valence-electron chi connectivity index (χ1n) is 3.02. The Labute approximate surface area is 53.7 Å². The number of aliphatic imine (C=N–C) groups is 1. The highest BCUT2D eigenvalue weighted by Crippen LogP contribution is 2.08. The maximum Gasteiger partial charge on any atom is 0.434 e. The minimum absolute atomic E-state index is 0.0949. The van der Waals surface area contributed by atoms with Crippen LogP contribution in [0.5, 0.6) is 0 Å². The van der Waals surface area contributed by atoms with Gasteiger partial charge in [0.2, 0.25) is 0 Å². The zero-order chi connectivity index (χ0) is 6.85. The molecule has 3 nitrogen and oxygen atoms in total. The maximum atomic E-state index is 10.4. The van der Waals surface area contributed by atoms with Gasteiger partial charge < -0.3 is 4.74 Å². The van der Waals surface area contributed by atoms with Gasteiger partial charge in [0, 0.05) is 0 Å². The van der Waals surface area contributed by atoms with Gasteiger partial charge in [0.1, 0.15) is 6.10 Å². The number of carbonyl (C=O) groups excluding carboxylic acids is 1. The molecule has 0 N–H and O–H groups in total. The van der Waals surface area contributed by atoms with Gasteiger partial charge in [0.25, 0.3) is 0 Å². The number of hydrogen-bond donors (Lipinski definition) is 0. The smallest absolute Gasteiger partial charge is 0.434 e. The van der Waals surface area contributed by atoms with Crippen LogP contribution >= 0.6 is 0 Å². The average Bonchev–Trinajstić information content (AvgIpc) is 2.10. The van der Waals surface area contributed by atoms with Crippen molar-refractivity contribution in [3.8, 4) is 0 Å². The summed E-state index contributed by atoms with van der Waals surface area (Å²) >= 11 is 0. The van der Waals surface area contributed by atoms with E-state index in [0.717, 1.165) is 12.1 Å². The second-order valence-electron chi connectivity index (χ2n) is 1.98. The fourth-order valence-corrected chi connectivity index (χ4v) is 0.820. The Kier molecular flexibility index (Phi) is 1.51. The summed E-state index contributed by atoms with van der Waals surface area (Å²) in [7, 11) is 0. The molecule has 1 atom stereocenters. The molecule has 0 bridgehead atoms. The molecule has 9 heavy (non-hydrogen) atoms. The molecule has 0 saturated carbocycles. The summed E-state index contributed by atoms with van der Waals surface area (Å²) in [6, 6.07) is 0. The highest BCUT2D eigenvalue weighted by atomic mass is 16.6. The van der Waals surface area contributed by atoms with E-state index in [1.54, 1.807) is 0 Å². The van der Waals surface area contributed by atoms with Crippen molar-refractivity contribution >= 4 is 11.8 Å². The van der Waals surface area contributed by atoms with Crippen molar-refractivity contribution in [3.05, 3.63) is 0 Å². The summed E-state index contributed by atoms with van der Waals surface area (Å²) in [6.45, 7) is 3.78. The van der Waals surface area contributed by atoms with E-state index in [9.17, 15) is 4.79 Å². The van der Waals surface area contributed by atoms with Crippen molar-refractivity contribution in [1.82, 2.24) is 0 Å². The Bertz CT molecular complexity index is 162. The van der Waals surface area contributed by atoms with Crippen LogP contribution in [0.1, 0.15) is 20.3 Å². The van der Waals surface area contributed by atoms with E-state index in [1.165, 1.54) is 0 Å². The fraction of sp³-hybridized carbons (Fsp3) is 0.667. The van der Waals surface area contributed by atoms with Gasteiger partial charge >= 0.3 is 6.09 Å². The van der Waals surface area contributed by atoms with Crippen LogP contribution in [0.25, 0.3) is 0 Å². The average molecular weight is 127 g/mol. The Balaban J connectivity index is 2.68. The van der Waals surface area contributed by atoms with Crippen LogP contribution in [-0.4, -0.2) is 17.9 Å². The van der Waals surface area contributed by atoms with E-state index in [-0.39, 0.29) is 6.10 Å².